The van der Waals surface area contributed by atoms with Crippen LogP contribution in [0.1, 0.15) is 0 Å². The van der Waals surface area contributed by atoms with E-state index < -0.39 is 15.2 Å². The van der Waals surface area contributed by atoms with E-state index in [1.165, 1.54) is 0 Å². The summed E-state index contributed by atoms with van der Waals surface area (Å²) in [7, 11) is -5.07. The molecule has 0 radical (unpaired) electrons. The minimum atomic E-state index is -2.54. The summed E-state index contributed by atoms with van der Waals surface area (Å²) in [5.74, 6) is 0. The monoisotopic (exact) mass is 310 g/mol. The fourth-order valence-electron chi connectivity index (χ4n) is 0. The van der Waals surface area contributed by atoms with Crippen LogP contribution >= 0.6 is 15.2 Å². The zero-order valence-corrected chi connectivity index (χ0v) is 15.5. The molecule has 0 unspecified atom stereocenters. The van der Waals surface area contributed by atoms with Gasteiger partial charge in [0.1, 0.15) is 0 Å². The van der Waals surface area contributed by atoms with Crippen molar-refractivity contribution in [2.75, 3.05) is 0 Å². The van der Waals surface area contributed by atoms with Crippen molar-refractivity contribution in [2.24, 2.45) is 0 Å². The zero-order chi connectivity index (χ0) is 7.15. The molecule has 0 saturated carbocycles. The van der Waals surface area contributed by atoms with Crippen LogP contribution in [-0.4, -0.2) is 113 Å². The molecule has 11 heteroatoms. The Bertz CT molecular complexity index is 36.8. The maximum Gasteiger partial charge on any atom is 2.00 e. The molecule has 0 bridgehead atoms. The molecule has 0 aliphatic heterocycles. The molecule has 0 aromatic heterocycles. The van der Waals surface area contributed by atoms with Crippen LogP contribution in [0.25, 0.3) is 0 Å². The van der Waals surface area contributed by atoms with E-state index in [4.69, 9.17) is 19.6 Å². The molecule has 0 amide bonds. The van der Waals surface area contributed by atoms with Crippen LogP contribution in [0.2, 0.25) is 0 Å². The molecular formula is Ca3O4P2S2. The van der Waals surface area contributed by atoms with Gasteiger partial charge in [-0.15, -0.1) is 0 Å². The third kappa shape index (κ3) is 98.3. The molecule has 0 saturated heterocycles. The van der Waals surface area contributed by atoms with E-state index in [1.807, 2.05) is 0 Å². The fourth-order valence-corrected chi connectivity index (χ4v) is 0. The average molecular weight is 310 g/mol. The fraction of sp³-hybridized carbons (Fsp3) is 0. The van der Waals surface area contributed by atoms with Crippen molar-refractivity contribution in [1.29, 1.82) is 0 Å². The molecular weight excluding hydrogens is 310 g/mol. The first kappa shape index (κ1) is 29.8. The van der Waals surface area contributed by atoms with E-state index in [-0.39, 0.29) is 113 Å². The number of hydrogen-bond acceptors (Lipinski definition) is 6. The first-order valence-electron chi connectivity index (χ1n) is 1.10. The molecule has 0 fully saturated rings. The predicted molar refractivity (Wildman–Crippen MR) is 45.8 cm³/mol. The molecule has 4 nitrogen and oxygen atoms in total. The molecule has 0 aliphatic carbocycles. The van der Waals surface area contributed by atoms with Crippen LogP contribution in [0.15, 0.2) is 0 Å². The van der Waals surface area contributed by atoms with Gasteiger partial charge in [-0.25, -0.2) is 0 Å². The standard InChI is InChI=1S/3Ca.2O2PS/c;;;2*1-3(2)4/q3*+2;2*-3. The molecule has 0 atom stereocenters. The Hall–Kier alpha value is 5.18. The van der Waals surface area contributed by atoms with Crippen molar-refractivity contribution in [3.63, 3.8) is 0 Å². The van der Waals surface area contributed by atoms with E-state index in [0.29, 0.717) is 0 Å². The van der Waals surface area contributed by atoms with Gasteiger partial charge in [0.2, 0.25) is 0 Å². The Morgan fingerprint density at radius 1 is 0.636 bits per heavy atom. The second kappa shape index (κ2) is 24.4. The maximum absolute atomic E-state index is 8.85. The third-order valence-electron chi connectivity index (χ3n) is 0. The summed E-state index contributed by atoms with van der Waals surface area (Å²) in [5, 5.41) is 0. The number of hydrogen-bond donors (Lipinski definition) is 0. The molecule has 0 rings (SSSR count). The summed E-state index contributed by atoms with van der Waals surface area (Å²) >= 11 is 7.15. The minimum absolute atomic E-state index is 0. The summed E-state index contributed by atoms with van der Waals surface area (Å²) in [6, 6.07) is 0. The van der Waals surface area contributed by atoms with E-state index in [0.717, 1.165) is 0 Å². The molecule has 0 aromatic rings. The Kier molecular flexibility index (Phi) is 66.2. The summed E-state index contributed by atoms with van der Waals surface area (Å²) in [4.78, 5) is 35.4. The van der Waals surface area contributed by atoms with E-state index in [1.54, 1.807) is 0 Å². The van der Waals surface area contributed by atoms with Crippen LogP contribution < -0.4 is 19.6 Å². The van der Waals surface area contributed by atoms with Gasteiger partial charge >= 0.3 is 113 Å². The minimum Gasteiger partial charge on any atom is -0.860 e. The first-order chi connectivity index (χ1) is 3.46. The van der Waals surface area contributed by atoms with Gasteiger partial charge in [-0.05, 0) is 0 Å². The van der Waals surface area contributed by atoms with Crippen molar-refractivity contribution in [2.45, 2.75) is 0 Å². The van der Waals surface area contributed by atoms with Crippen LogP contribution in [0.3, 0.4) is 0 Å². The smallest absolute Gasteiger partial charge is 0.860 e. The topological polar surface area (TPSA) is 92.2 Å². The van der Waals surface area contributed by atoms with E-state index >= 15 is 0 Å². The first-order valence-corrected chi connectivity index (χ1v) is 5.48. The molecule has 11 heavy (non-hydrogen) atoms. The van der Waals surface area contributed by atoms with Crippen molar-refractivity contribution in [1.82, 2.24) is 0 Å². The van der Waals surface area contributed by atoms with Gasteiger partial charge in [0, 0.05) is 0 Å². The average Bonchev–Trinajstić information content (AvgIpc) is 1.25. The summed E-state index contributed by atoms with van der Waals surface area (Å²) < 4.78 is 0. The quantitative estimate of drug-likeness (QED) is 0.256. The normalized spacial score (nSPS) is 6.55. The Labute approximate surface area is 168 Å². The van der Waals surface area contributed by atoms with Crippen LogP contribution in [-0.2, 0) is 24.5 Å². The van der Waals surface area contributed by atoms with Crippen LogP contribution in [0.4, 0.5) is 0 Å². The Balaban J connectivity index is -0.0000000171. The molecule has 52 valence electrons. The third-order valence-corrected chi connectivity index (χ3v) is 0. The second-order valence-electron chi connectivity index (χ2n) is 0.447. The van der Waals surface area contributed by atoms with Gasteiger partial charge in [-0.3, -0.25) is 0 Å². The van der Waals surface area contributed by atoms with Gasteiger partial charge in [-0.2, -0.15) is 0 Å². The van der Waals surface area contributed by atoms with Crippen molar-refractivity contribution < 1.29 is 19.6 Å². The molecule has 0 aliphatic rings. The van der Waals surface area contributed by atoms with Crippen molar-refractivity contribution in [3.8, 4) is 0 Å². The van der Waals surface area contributed by atoms with E-state index in [2.05, 4.69) is 24.5 Å². The van der Waals surface area contributed by atoms with Crippen LogP contribution in [0.5, 0.6) is 0 Å². The van der Waals surface area contributed by atoms with Gasteiger partial charge < -0.3 is 59.2 Å². The molecule has 0 spiro atoms. The van der Waals surface area contributed by atoms with Gasteiger partial charge in [0.25, 0.3) is 0 Å². The van der Waals surface area contributed by atoms with Gasteiger partial charge in [0.05, 0.1) is 0 Å². The number of rotatable bonds is 0. The largest absolute Gasteiger partial charge is 2.00 e. The van der Waals surface area contributed by atoms with Crippen molar-refractivity contribution >= 4 is 153 Å². The Morgan fingerprint density at radius 3 is 0.636 bits per heavy atom. The zero-order valence-electron chi connectivity index (χ0n) is 5.47. The summed E-state index contributed by atoms with van der Waals surface area (Å²) in [6.07, 6.45) is 0. The maximum atomic E-state index is 8.85. The molecule has 0 aromatic carbocycles. The van der Waals surface area contributed by atoms with Crippen molar-refractivity contribution in [3.05, 3.63) is 0 Å². The molecule has 0 N–H and O–H groups in total. The summed E-state index contributed by atoms with van der Waals surface area (Å²) in [5.41, 5.74) is 0. The van der Waals surface area contributed by atoms with Crippen LogP contribution in [0, 0.1) is 0 Å². The van der Waals surface area contributed by atoms with Gasteiger partial charge in [0.15, 0.2) is 0 Å². The SMILES string of the molecule is [Ca+2].[Ca+2].[Ca+2].[O-]P([O-])[S-].[O-]P([O-])[S-]. The second-order valence-corrected chi connectivity index (χ2v) is 3.13. The summed E-state index contributed by atoms with van der Waals surface area (Å²) in [6.45, 7) is 0. The van der Waals surface area contributed by atoms with Gasteiger partial charge in [-0.1, -0.05) is 0 Å². The molecule has 0 heterocycles. The predicted octanol–water partition coefficient (Wildman–Crippen LogP) is -4.18. The Morgan fingerprint density at radius 2 is 0.636 bits per heavy atom. The van der Waals surface area contributed by atoms with E-state index in [9.17, 15) is 0 Å².